The van der Waals surface area contributed by atoms with Crippen LogP contribution in [0.1, 0.15) is 45.5 Å². The standard InChI is InChI=1S/C14H18N4OS/c1-8-12(15)13(18(2)17-8)14(19)16-10-4-3-5-11-9(10)6-7-20-11/h6-7,10H,3-5,15H2,1-2H3,(H,16,19). The molecule has 0 aromatic carbocycles. The van der Waals surface area contributed by atoms with E-state index in [1.54, 1.807) is 23.1 Å². The second-order valence-corrected chi connectivity index (χ2v) is 6.19. The molecule has 3 rings (SSSR count). The first kappa shape index (κ1) is 13.2. The van der Waals surface area contributed by atoms with Gasteiger partial charge in [0.25, 0.3) is 5.91 Å². The third kappa shape index (κ3) is 2.10. The van der Waals surface area contributed by atoms with Gasteiger partial charge in [0, 0.05) is 11.9 Å². The molecule has 1 amide bonds. The van der Waals surface area contributed by atoms with E-state index in [4.69, 9.17) is 5.73 Å². The summed E-state index contributed by atoms with van der Waals surface area (Å²) >= 11 is 1.77. The van der Waals surface area contributed by atoms with E-state index in [2.05, 4.69) is 21.9 Å². The van der Waals surface area contributed by atoms with Crippen LogP contribution in [0.5, 0.6) is 0 Å². The predicted octanol–water partition coefficient (Wildman–Crippen LogP) is 2.18. The number of nitrogens with zero attached hydrogens (tertiary/aromatic N) is 2. The number of aryl methyl sites for hydroxylation is 3. The van der Waals surface area contributed by atoms with Crippen LogP contribution in [0.4, 0.5) is 5.69 Å². The first-order chi connectivity index (χ1) is 9.58. The highest BCUT2D eigenvalue weighted by Crippen LogP contribution is 2.33. The van der Waals surface area contributed by atoms with E-state index < -0.39 is 0 Å². The first-order valence-electron chi connectivity index (χ1n) is 6.74. The summed E-state index contributed by atoms with van der Waals surface area (Å²) in [5.41, 5.74) is 8.80. The Morgan fingerprint density at radius 1 is 1.60 bits per heavy atom. The van der Waals surface area contributed by atoms with Crippen LogP contribution in [-0.2, 0) is 13.5 Å². The van der Waals surface area contributed by atoms with Crippen molar-refractivity contribution in [3.63, 3.8) is 0 Å². The number of anilines is 1. The highest BCUT2D eigenvalue weighted by atomic mass is 32.1. The Kier molecular flexibility index (Phi) is 3.25. The van der Waals surface area contributed by atoms with Crippen molar-refractivity contribution in [2.24, 2.45) is 7.05 Å². The zero-order chi connectivity index (χ0) is 14.3. The summed E-state index contributed by atoms with van der Waals surface area (Å²) in [5.74, 6) is -0.144. The van der Waals surface area contributed by atoms with Gasteiger partial charge >= 0.3 is 0 Å². The lowest BCUT2D eigenvalue weighted by Gasteiger charge is -2.23. The molecule has 2 heterocycles. The number of aromatic nitrogens is 2. The van der Waals surface area contributed by atoms with Gasteiger partial charge in [-0.1, -0.05) is 0 Å². The second kappa shape index (κ2) is 4.94. The van der Waals surface area contributed by atoms with Crippen molar-refractivity contribution in [2.75, 3.05) is 5.73 Å². The lowest BCUT2D eigenvalue weighted by atomic mass is 9.94. The van der Waals surface area contributed by atoms with Crippen LogP contribution >= 0.6 is 11.3 Å². The summed E-state index contributed by atoms with van der Waals surface area (Å²) in [5, 5.41) is 9.39. The summed E-state index contributed by atoms with van der Waals surface area (Å²) in [6.45, 7) is 1.81. The van der Waals surface area contributed by atoms with Gasteiger partial charge in [-0.3, -0.25) is 9.48 Å². The van der Waals surface area contributed by atoms with Crippen molar-refractivity contribution in [2.45, 2.75) is 32.2 Å². The van der Waals surface area contributed by atoms with E-state index in [1.165, 1.54) is 10.4 Å². The van der Waals surface area contributed by atoms with E-state index >= 15 is 0 Å². The van der Waals surface area contributed by atoms with E-state index in [-0.39, 0.29) is 11.9 Å². The number of nitrogens with two attached hydrogens (primary N) is 1. The smallest absolute Gasteiger partial charge is 0.272 e. The van der Waals surface area contributed by atoms with Crippen molar-refractivity contribution in [3.8, 4) is 0 Å². The highest BCUT2D eigenvalue weighted by molar-refractivity contribution is 7.10. The van der Waals surface area contributed by atoms with Gasteiger partial charge in [-0.25, -0.2) is 0 Å². The maximum Gasteiger partial charge on any atom is 0.272 e. The molecule has 1 aliphatic rings. The van der Waals surface area contributed by atoms with Crippen LogP contribution < -0.4 is 11.1 Å². The number of nitrogen functional groups attached to an aromatic ring is 1. The van der Waals surface area contributed by atoms with Crippen molar-refractivity contribution < 1.29 is 4.79 Å². The molecule has 3 N–H and O–H groups in total. The molecule has 106 valence electrons. The van der Waals surface area contributed by atoms with Gasteiger partial charge in [-0.05, 0) is 43.2 Å². The number of thiophene rings is 1. The van der Waals surface area contributed by atoms with Crippen LogP contribution in [0.2, 0.25) is 0 Å². The molecule has 5 nitrogen and oxygen atoms in total. The van der Waals surface area contributed by atoms with E-state index in [0.717, 1.165) is 19.3 Å². The zero-order valence-electron chi connectivity index (χ0n) is 11.6. The number of amides is 1. The van der Waals surface area contributed by atoms with E-state index in [0.29, 0.717) is 17.1 Å². The van der Waals surface area contributed by atoms with Gasteiger partial charge in [-0.2, -0.15) is 5.10 Å². The molecule has 1 aliphatic carbocycles. The maximum atomic E-state index is 12.5. The SMILES string of the molecule is Cc1nn(C)c(C(=O)NC2CCCc3sccc32)c1N. The van der Waals surface area contributed by atoms with Gasteiger partial charge < -0.3 is 11.1 Å². The third-order valence-corrected chi connectivity index (χ3v) is 4.84. The van der Waals surface area contributed by atoms with Gasteiger partial charge in [0.15, 0.2) is 0 Å². The quantitative estimate of drug-likeness (QED) is 0.890. The van der Waals surface area contributed by atoms with Gasteiger partial charge in [-0.15, -0.1) is 11.3 Å². The highest BCUT2D eigenvalue weighted by Gasteiger charge is 2.25. The molecule has 1 unspecified atom stereocenters. The minimum atomic E-state index is -0.144. The fourth-order valence-electron chi connectivity index (χ4n) is 2.81. The lowest BCUT2D eigenvalue weighted by molar-refractivity contribution is 0.0924. The monoisotopic (exact) mass is 290 g/mol. The Bertz CT molecular complexity index is 658. The lowest BCUT2D eigenvalue weighted by Crippen LogP contribution is -2.32. The number of rotatable bonds is 2. The molecule has 2 aromatic rings. The molecule has 0 aliphatic heterocycles. The Morgan fingerprint density at radius 3 is 3.10 bits per heavy atom. The van der Waals surface area contributed by atoms with Gasteiger partial charge in [0.2, 0.25) is 0 Å². The fraction of sp³-hybridized carbons (Fsp3) is 0.429. The number of fused-ring (bicyclic) bond motifs is 1. The number of carbonyl (C=O) groups is 1. The summed E-state index contributed by atoms with van der Waals surface area (Å²) < 4.78 is 1.55. The molecule has 0 bridgehead atoms. The average molecular weight is 290 g/mol. The molecule has 2 aromatic heterocycles. The predicted molar refractivity (Wildman–Crippen MR) is 79.8 cm³/mol. The van der Waals surface area contributed by atoms with Gasteiger partial charge in [0.05, 0.1) is 17.4 Å². The number of nitrogens with one attached hydrogen (secondary N) is 1. The Hall–Kier alpha value is -1.82. The van der Waals surface area contributed by atoms with Crippen LogP contribution in [-0.4, -0.2) is 15.7 Å². The van der Waals surface area contributed by atoms with Crippen molar-refractivity contribution in [1.29, 1.82) is 0 Å². The van der Waals surface area contributed by atoms with Gasteiger partial charge in [0.1, 0.15) is 5.69 Å². The normalized spacial score (nSPS) is 17.8. The molecule has 0 saturated heterocycles. The minimum Gasteiger partial charge on any atom is -0.395 e. The summed E-state index contributed by atoms with van der Waals surface area (Å²) in [6, 6.07) is 2.20. The van der Waals surface area contributed by atoms with Crippen LogP contribution in [0, 0.1) is 6.92 Å². The number of hydrogen-bond acceptors (Lipinski definition) is 4. The molecule has 1 atom stereocenters. The molecule has 0 radical (unpaired) electrons. The number of carbonyl (C=O) groups excluding carboxylic acids is 1. The van der Waals surface area contributed by atoms with Crippen LogP contribution in [0.25, 0.3) is 0 Å². The molecule has 0 fully saturated rings. The largest absolute Gasteiger partial charge is 0.395 e. The minimum absolute atomic E-state index is 0.0899. The summed E-state index contributed by atoms with van der Waals surface area (Å²) in [4.78, 5) is 13.8. The molecule has 6 heteroatoms. The molecule has 0 spiro atoms. The molecule has 0 saturated carbocycles. The Balaban J connectivity index is 1.84. The fourth-order valence-corrected chi connectivity index (χ4v) is 3.79. The zero-order valence-corrected chi connectivity index (χ0v) is 12.5. The van der Waals surface area contributed by atoms with E-state index in [9.17, 15) is 4.79 Å². The van der Waals surface area contributed by atoms with Crippen LogP contribution in [0.15, 0.2) is 11.4 Å². The second-order valence-electron chi connectivity index (χ2n) is 5.19. The molecule has 20 heavy (non-hydrogen) atoms. The molecular formula is C14H18N4OS. The first-order valence-corrected chi connectivity index (χ1v) is 7.62. The third-order valence-electron chi connectivity index (χ3n) is 3.84. The Morgan fingerprint density at radius 2 is 2.40 bits per heavy atom. The summed E-state index contributed by atoms with van der Waals surface area (Å²) in [7, 11) is 1.75. The maximum absolute atomic E-state index is 12.5. The van der Waals surface area contributed by atoms with Crippen molar-refractivity contribution in [1.82, 2.24) is 15.1 Å². The van der Waals surface area contributed by atoms with Crippen LogP contribution in [0.3, 0.4) is 0 Å². The molecular weight excluding hydrogens is 272 g/mol. The van der Waals surface area contributed by atoms with Crippen molar-refractivity contribution in [3.05, 3.63) is 33.3 Å². The average Bonchev–Trinajstić information content (AvgIpc) is 2.96. The van der Waals surface area contributed by atoms with E-state index in [1.807, 2.05) is 6.92 Å². The van der Waals surface area contributed by atoms with Crippen molar-refractivity contribution >= 4 is 22.9 Å². The Labute approximate surface area is 121 Å². The topological polar surface area (TPSA) is 72.9 Å². The summed E-state index contributed by atoms with van der Waals surface area (Å²) in [6.07, 6.45) is 3.21. The number of hydrogen-bond donors (Lipinski definition) is 2.